The molecular weight excluding hydrogens is 832 g/mol. The Kier molecular flexibility index (Phi) is 20.4. The van der Waals surface area contributed by atoms with Gasteiger partial charge in [0.25, 0.3) is 0 Å². The number of ether oxygens (including phenoxy) is 1. The molecule has 288 valence electrons. The number of alkyl halides is 1. The van der Waals surface area contributed by atoms with Crippen LogP contribution in [0.5, 0.6) is 0 Å². The summed E-state index contributed by atoms with van der Waals surface area (Å²) in [5, 5.41) is 0. The van der Waals surface area contributed by atoms with Crippen LogP contribution in [0.25, 0.3) is 0 Å². The Hall–Kier alpha value is -3.84. The van der Waals surface area contributed by atoms with Gasteiger partial charge in [-0.2, -0.15) is 0 Å². The van der Waals surface area contributed by atoms with Crippen molar-refractivity contribution in [2.45, 2.75) is 76.0 Å². The molecule has 0 bridgehead atoms. The molecule has 1 unspecified atom stereocenters. The Balaban J connectivity index is 0.000000376. The molecule has 1 atom stereocenters. The molecule has 0 saturated heterocycles. The summed E-state index contributed by atoms with van der Waals surface area (Å²) in [6, 6.07) is 11.1. The van der Waals surface area contributed by atoms with Gasteiger partial charge in [0.2, 0.25) is 0 Å². The first-order valence-corrected chi connectivity index (χ1v) is 21.9. The normalized spacial score (nSPS) is 19.0. The van der Waals surface area contributed by atoms with E-state index < -0.39 is 0 Å². The first-order chi connectivity index (χ1) is 26.6. The minimum Gasteiger partial charge on any atom is -0.465 e. The van der Waals surface area contributed by atoms with Gasteiger partial charge in [-0.15, -0.1) is 18.9 Å². The fourth-order valence-corrected chi connectivity index (χ4v) is 8.79. The van der Waals surface area contributed by atoms with Crippen LogP contribution >= 0.6 is 46.1 Å². The Morgan fingerprint density at radius 1 is 1.00 bits per heavy atom. The van der Waals surface area contributed by atoms with Gasteiger partial charge in [-0.25, -0.2) is 0 Å². The summed E-state index contributed by atoms with van der Waals surface area (Å²) in [5.74, 6) is 3.38. The Bertz CT molecular complexity index is 1910. The van der Waals surface area contributed by atoms with Crippen molar-refractivity contribution in [3.8, 4) is 12.3 Å². The second kappa shape index (κ2) is 24.6. The highest BCUT2D eigenvalue weighted by Gasteiger charge is 2.34. The van der Waals surface area contributed by atoms with Crippen LogP contribution in [0.15, 0.2) is 142 Å². The van der Waals surface area contributed by atoms with Gasteiger partial charge in [0.15, 0.2) is 11.6 Å². The van der Waals surface area contributed by atoms with Crippen LogP contribution in [0, 0.1) is 30.1 Å². The van der Waals surface area contributed by atoms with Crippen molar-refractivity contribution in [3.05, 3.63) is 154 Å². The van der Waals surface area contributed by atoms with Crippen LogP contribution in [0.3, 0.4) is 0 Å². The van der Waals surface area contributed by atoms with E-state index in [0.717, 1.165) is 74.0 Å². The topological polar surface area (TPSA) is 60.4 Å². The Morgan fingerprint density at radius 3 is 2.22 bits per heavy atom. The molecule has 7 heteroatoms. The van der Waals surface area contributed by atoms with Crippen LogP contribution in [0.4, 0.5) is 0 Å². The highest BCUT2D eigenvalue weighted by Crippen LogP contribution is 2.41. The molecule has 0 aliphatic heterocycles. The molecule has 0 spiro atoms. The van der Waals surface area contributed by atoms with E-state index in [1.165, 1.54) is 23.5 Å². The highest BCUT2D eigenvalue weighted by atomic mass is 127. The number of thioether (sulfide) groups is 2. The number of benzene rings is 2. The van der Waals surface area contributed by atoms with Gasteiger partial charge in [-0.3, -0.25) is 14.4 Å². The number of halogens is 1. The quantitative estimate of drug-likeness (QED) is 0.0324. The molecule has 2 aromatic carbocycles. The van der Waals surface area contributed by atoms with E-state index in [0.29, 0.717) is 34.8 Å². The van der Waals surface area contributed by atoms with Gasteiger partial charge in [-0.1, -0.05) is 145 Å². The van der Waals surface area contributed by atoms with Crippen molar-refractivity contribution in [1.82, 2.24) is 0 Å². The predicted molar refractivity (Wildman–Crippen MR) is 243 cm³/mol. The van der Waals surface area contributed by atoms with Gasteiger partial charge < -0.3 is 4.74 Å². The highest BCUT2D eigenvalue weighted by molar-refractivity contribution is 14.1. The number of fused-ring (bicyclic) bond motifs is 2. The maximum Gasteiger partial charge on any atom is 0.308 e. The molecule has 0 radical (unpaired) electrons. The summed E-state index contributed by atoms with van der Waals surface area (Å²) in [7, 11) is 0. The molecule has 55 heavy (non-hydrogen) atoms. The van der Waals surface area contributed by atoms with Crippen LogP contribution < -0.4 is 0 Å². The van der Waals surface area contributed by atoms with Crippen LogP contribution in [0.1, 0.15) is 98.1 Å². The van der Waals surface area contributed by atoms with Crippen LogP contribution in [-0.2, 0) is 9.53 Å². The third kappa shape index (κ3) is 13.7. The molecule has 3 aliphatic rings. The molecule has 0 aromatic heterocycles. The molecule has 4 nitrogen and oxygen atoms in total. The first-order valence-electron chi connectivity index (χ1n) is 18.8. The number of terminal acetylenes is 1. The zero-order chi connectivity index (χ0) is 40.2. The molecule has 1 fully saturated rings. The summed E-state index contributed by atoms with van der Waals surface area (Å²) in [4.78, 5) is 42.8. The van der Waals surface area contributed by atoms with E-state index in [9.17, 15) is 14.4 Å². The van der Waals surface area contributed by atoms with E-state index in [1.807, 2.05) is 75.4 Å². The molecule has 3 aliphatic carbocycles. The number of allylic oxidation sites excluding steroid dienone is 13. The number of esters is 1. The second-order valence-corrected chi connectivity index (χ2v) is 16.5. The van der Waals surface area contributed by atoms with Crippen LogP contribution in [0.2, 0.25) is 0 Å². The zero-order valence-corrected chi connectivity index (χ0v) is 36.3. The molecule has 0 heterocycles. The summed E-state index contributed by atoms with van der Waals surface area (Å²) in [6.45, 7) is 15.8. The third-order valence-electron chi connectivity index (χ3n) is 9.03. The van der Waals surface area contributed by atoms with Gasteiger partial charge in [0.1, 0.15) is 0 Å². The van der Waals surface area contributed by atoms with Gasteiger partial charge >= 0.3 is 5.97 Å². The number of carbonyl (C=O) groups is 3. The van der Waals surface area contributed by atoms with Gasteiger partial charge in [0, 0.05) is 47.3 Å². The average Bonchev–Trinajstić information content (AvgIpc) is 3.43. The summed E-state index contributed by atoms with van der Waals surface area (Å²) in [5.41, 5.74) is 2.93. The van der Waals surface area contributed by atoms with Crippen molar-refractivity contribution in [2.75, 3.05) is 11.0 Å². The molecule has 0 N–H and O–H groups in total. The lowest BCUT2D eigenvalue weighted by molar-refractivity contribution is -0.150. The molecular formula is C48H53IO4S2. The Morgan fingerprint density at radius 2 is 1.64 bits per heavy atom. The number of rotatable bonds is 13. The zero-order valence-electron chi connectivity index (χ0n) is 32.5. The number of ketones is 2. The Labute approximate surface area is 351 Å². The fraction of sp³-hybridized carbons (Fsp3) is 0.312. The molecule has 2 aromatic rings. The third-order valence-corrected chi connectivity index (χ3v) is 12.1. The molecule has 5 rings (SSSR count). The summed E-state index contributed by atoms with van der Waals surface area (Å²) < 4.78 is 6.18. The predicted octanol–water partition coefficient (Wildman–Crippen LogP) is 13.3. The first kappa shape index (κ1) is 45.5. The van der Waals surface area contributed by atoms with E-state index in [1.54, 1.807) is 25.1 Å². The fourth-order valence-electron chi connectivity index (χ4n) is 6.27. The molecule has 1 saturated carbocycles. The lowest BCUT2D eigenvalue weighted by Gasteiger charge is -2.26. The van der Waals surface area contributed by atoms with Crippen molar-refractivity contribution in [3.63, 3.8) is 0 Å². The SMILES string of the molecule is C#CC.C=CC(/C=C/C)=C\C=C(/C)Sc1cccc2c1C(=O)c1cccc(SC3=CC=CC(CI)C=C3)c1C2=O.C=CCC1CCC(C(=O)OCCC)CC1. The maximum absolute atomic E-state index is 13.8. The van der Waals surface area contributed by atoms with Gasteiger partial charge in [-0.05, 0) is 93.9 Å². The average molecular weight is 885 g/mol. The smallest absolute Gasteiger partial charge is 0.308 e. The van der Waals surface area contributed by atoms with Crippen molar-refractivity contribution < 1.29 is 19.1 Å². The summed E-state index contributed by atoms with van der Waals surface area (Å²) in [6.07, 6.45) is 33.2. The number of hydrogen-bond acceptors (Lipinski definition) is 6. The van der Waals surface area contributed by atoms with Crippen molar-refractivity contribution in [2.24, 2.45) is 17.8 Å². The van der Waals surface area contributed by atoms with E-state index in [4.69, 9.17) is 4.74 Å². The largest absolute Gasteiger partial charge is 0.465 e. The monoisotopic (exact) mass is 884 g/mol. The number of hydrogen-bond donors (Lipinski definition) is 0. The van der Waals surface area contributed by atoms with E-state index in [2.05, 4.69) is 78.5 Å². The van der Waals surface area contributed by atoms with E-state index in [-0.39, 0.29) is 23.5 Å². The van der Waals surface area contributed by atoms with Crippen molar-refractivity contribution >= 4 is 63.7 Å². The number of carbonyl (C=O) groups excluding carboxylic acids is 3. The van der Waals surface area contributed by atoms with Crippen LogP contribution in [-0.4, -0.2) is 28.6 Å². The second-order valence-electron chi connectivity index (χ2n) is 13.2. The minimum atomic E-state index is -0.102. The van der Waals surface area contributed by atoms with Gasteiger partial charge in [0.05, 0.1) is 12.5 Å². The minimum absolute atomic E-state index is 0.0221. The standard InChI is InChI=1S/C32H27IO2S2.C13H22O2.C3H4/c1-4-9-22(5-2)17-16-21(3)36-27-14-7-12-25-29(27)31(34)26-13-8-15-28(30(26)32(25)35)37-24-11-6-10-23(20-33)18-19-24;1-3-5-11-6-8-12(9-7-11)13(14)15-10-4-2;1-3-2/h4-19,23H,2,20H2,1,3H3;3,11-12H,1,4-10H2,2H3;1H,2H3/b9-4+,21-16+,22-17+;;. The van der Waals surface area contributed by atoms with Crippen molar-refractivity contribution in [1.29, 1.82) is 0 Å². The molecule has 0 amide bonds. The maximum atomic E-state index is 13.8. The lowest BCUT2D eigenvalue weighted by Crippen LogP contribution is -2.23. The van der Waals surface area contributed by atoms with E-state index >= 15 is 0 Å². The summed E-state index contributed by atoms with van der Waals surface area (Å²) >= 11 is 5.41. The lowest BCUT2D eigenvalue weighted by atomic mass is 9.80.